The molecule has 0 aliphatic carbocycles. The Kier molecular flexibility index (Phi) is 4.77. The lowest BCUT2D eigenvalue weighted by Crippen LogP contribution is -2.33. The summed E-state index contributed by atoms with van der Waals surface area (Å²) in [5.41, 5.74) is 1.71. The maximum atomic E-state index is 13.5. The molecule has 2 aromatic rings. The van der Waals surface area contributed by atoms with Gasteiger partial charge >= 0.3 is 0 Å². The van der Waals surface area contributed by atoms with E-state index >= 15 is 0 Å². The minimum absolute atomic E-state index is 0.110. The van der Waals surface area contributed by atoms with Gasteiger partial charge in [-0.05, 0) is 41.8 Å². The van der Waals surface area contributed by atoms with Crippen LogP contribution in [-0.2, 0) is 11.2 Å². The van der Waals surface area contributed by atoms with Crippen LogP contribution in [0.25, 0.3) is 0 Å². The van der Waals surface area contributed by atoms with Crippen molar-refractivity contribution in [1.82, 2.24) is 4.90 Å². The number of hydrogen-bond acceptors (Lipinski definition) is 3. The Balaban J connectivity index is 1.79. The first-order chi connectivity index (χ1) is 12.0. The molecule has 0 bridgehead atoms. The van der Waals surface area contributed by atoms with E-state index in [4.69, 9.17) is 5.26 Å². The van der Waals surface area contributed by atoms with Gasteiger partial charge in [0.1, 0.15) is 0 Å². The number of amides is 1. The molecule has 25 heavy (non-hydrogen) atoms. The number of likely N-dealkylation sites (tertiary alicyclic amines) is 1. The zero-order valence-corrected chi connectivity index (χ0v) is 13.3. The van der Waals surface area contributed by atoms with Crippen LogP contribution in [0.4, 0.5) is 8.78 Å². The van der Waals surface area contributed by atoms with E-state index in [1.807, 2.05) is 6.07 Å². The summed E-state index contributed by atoms with van der Waals surface area (Å²) in [5, 5.41) is 18.7. The highest BCUT2D eigenvalue weighted by molar-refractivity contribution is 5.79. The average Bonchev–Trinajstić information content (AvgIpc) is 3.00. The summed E-state index contributed by atoms with van der Waals surface area (Å²) >= 11 is 0. The fourth-order valence-electron chi connectivity index (χ4n) is 3.10. The Morgan fingerprint density at radius 3 is 2.56 bits per heavy atom. The Morgan fingerprint density at radius 2 is 1.92 bits per heavy atom. The lowest BCUT2D eigenvalue weighted by atomic mass is 10.0. The van der Waals surface area contributed by atoms with E-state index in [2.05, 4.69) is 0 Å². The molecule has 128 valence electrons. The maximum absolute atomic E-state index is 13.5. The highest BCUT2D eigenvalue weighted by Crippen LogP contribution is 2.33. The van der Waals surface area contributed by atoms with Crippen molar-refractivity contribution in [2.75, 3.05) is 6.54 Å². The molecule has 0 radical (unpaired) electrons. The Morgan fingerprint density at radius 1 is 1.20 bits per heavy atom. The van der Waals surface area contributed by atoms with Gasteiger partial charge in [-0.2, -0.15) is 5.26 Å². The summed E-state index contributed by atoms with van der Waals surface area (Å²) in [5.74, 6) is -2.13. The number of benzene rings is 2. The van der Waals surface area contributed by atoms with Crippen molar-refractivity contribution < 1.29 is 18.7 Å². The quantitative estimate of drug-likeness (QED) is 0.933. The first kappa shape index (κ1) is 17.1. The molecule has 1 N–H and O–H groups in total. The molecule has 1 aliphatic heterocycles. The number of aliphatic hydroxyl groups excluding tert-OH is 1. The van der Waals surface area contributed by atoms with Crippen molar-refractivity contribution in [2.45, 2.75) is 25.0 Å². The van der Waals surface area contributed by atoms with Gasteiger partial charge in [0.15, 0.2) is 11.6 Å². The molecule has 6 heteroatoms. The second kappa shape index (κ2) is 6.99. The minimum atomic E-state index is -0.974. The number of rotatable bonds is 3. The summed E-state index contributed by atoms with van der Waals surface area (Å²) < 4.78 is 26.6. The third kappa shape index (κ3) is 3.67. The van der Waals surface area contributed by atoms with Gasteiger partial charge in [-0.25, -0.2) is 8.78 Å². The van der Waals surface area contributed by atoms with Crippen molar-refractivity contribution in [3.63, 3.8) is 0 Å². The number of carbonyl (C=O) groups is 1. The molecule has 0 spiro atoms. The molecule has 3 rings (SSSR count). The summed E-state index contributed by atoms with van der Waals surface area (Å²) in [4.78, 5) is 14.1. The van der Waals surface area contributed by atoms with E-state index in [1.165, 1.54) is 11.0 Å². The number of nitrogens with zero attached hydrogens (tertiary/aromatic N) is 2. The summed E-state index contributed by atoms with van der Waals surface area (Å²) in [6.07, 6.45) is -0.314. The molecule has 1 amide bonds. The fourth-order valence-corrected chi connectivity index (χ4v) is 3.10. The smallest absolute Gasteiger partial charge is 0.227 e. The molecule has 1 saturated heterocycles. The molecular weight excluding hydrogens is 326 g/mol. The number of halogens is 2. The lowest BCUT2D eigenvalue weighted by molar-refractivity contribution is -0.131. The van der Waals surface area contributed by atoms with E-state index in [0.29, 0.717) is 11.1 Å². The summed E-state index contributed by atoms with van der Waals surface area (Å²) in [6.45, 7) is 0.152. The number of aliphatic hydroxyl groups is 1. The fraction of sp³-hybridized carbons (Fsp3) is 0.263. The van der Waals surface area contributed by atoms with Crippen molar-refractivity contribution in [3.8, 4) is 6.07 Å². The van der Waals surface area contributed by atoms with Crippen molar-refractivity contribution in [2.24, 2.45) is 0 Å². The van der Waals surface area contributed by atoms with Gasteiger partial charge in [0.05, 0.1) is 30.2 Å². The molecule has 4 nitrogen and oxygen atoms in total. The molecule has 1 heterocycles. The van der Waals surface area contributed by atoms with Crippen LogP contribution in [0.5, 0.6) is 0 Å². The predicted molar refractivity (Wildman–Crippen MR) is 86.3 cm³/mol. The molecule has 0 aromatic heterocycles. The van der Waals surface area contributed by atoms with Crippen LogP contribution in [0.1, 0.15) is 29.2 Å². The van der Waals surface area contributed by atoms with Crippen molar-refractivity contribution in [3.05, 3.63) is 70.8 Å². The predicted octanol–water partition coefficient (Wildman–Crippen LogP) is 2.71. The van der Waals surface area contributed by atoms with E-state index < -0.39 is 23.8 Å². The molecule has 2 atom stereocenters. The number of nitriles is 1. The Bertz CT molecular complexity index is 830. The lowest BCUT2D eigenvalue weighted by Gasteiger charge is -2.25. The highest BCUT2D eigenvalue weighted by atomic mass is 19.2. The van der Waals surface area contributed by atoms with Gasteiger partial charge < -0.3 is 10.0 Å². The van der Waals surface area contributed by atoms with Crippen LogP contribution in [-0.4, -0.2) is 28.6 Å². The van der Waals surface area contributed by atoms with Gasteiger partial charge in [-0.15, -0.1) is 0 Å². The van der Waals surface area contributed by atoms with Crippen LogP contribution in [0, 0.1) is 23.0 Å². The second-order valence-electron chi connectivity index (χ2n) is 6.11. The van der Waals surface area contributed by atoms with Crippen LogP contribution >= 0.6 is 0 Å². The van der Waals surface area contributed by atoms with Crippen LogP contribution in [0.2, 0.25) is 0 Å². The van der Waals surface area contributed by atoms with Gasteiger partial charge in [-0.1, -0.05) is 18.2 Å². The van der Waals surface area contributed by atoms with Crippen LogP contribution in [0.3, 0.4) is 0 Å². The van der Waals surface area contributed by atoms with Gasteiger partial charge in [0.25, 0.3) is 0 Å². The molecule has 1 fully saturated rings. The summed E-state index contributed by atoms with van der Waals surface area (Å²) in [7, 11) is 0. The van der Waals surface area contributed by atoms with Crippen molar-refractivity contribution in [1.29, 1.82) is 5.26 Å². The third-order valence-electron chi connectivity index (χ3n) is 4.37. The first-order valence-corrected chi connectivity index (χ1v) is 7.89. The number of hydrogen-bond donors (Lipinski definition) is 1. The molecule has 2 aromatic carbocycles. The minimum Gasteiger partial charge on any atom is -0.391 e. The number of carbonyl (C=O) groups excluding carboxylic acids is 1. The third-order valence-corrected chi connectivity index (χ3v) is 4.37. The topological polar surface area (TPSA) is 64.3 Å². The standard InChI is InChI=1S/C19H16F2N2O2/c20-16-6-5-14(8-17(16)21)18-9-15(24)11-23(18)19(25)7-12-1-3-13(10-22)4-2-12/h1-6,8,15,18,24H,7,9,11H2. The van der Waals surface area contributed by atoms with Crippen LogP contribution < -0.4 is 0 Å². The first-order valence-electron chi connectivity index (χ1n) is 7.89. The number of β-amino-alcohol motifs (C(OH)–C–C–N with tert-alkyl or cyclic N) is 1. The molecular formula is C19H16F2N2O2. The van der Waals surface area contributed by atoms with Gasteiger partial charge in [0.2, 0.25) is 5.91 Å². The van der Waals surface area contributed by atoms with E-state index in [9.17, 15) is 18.7 Å². The molecule has 0 saturated carbocycles. The largest absolute Gasteiger partial charge is 0.391 e. The van der Waals surface area contributed by atoms with E-state index in [1.54, 1.807) is 24.3 Å². The normalized spacial score (nSPS) is 19.7. The van der Waals surface area contributed by atoms with Gasteiger partial charge in [-0.3, -0.25) is 4.79 Å². The Hall–Kier alpha value is -2.78. The monoisotopic (exact) mass is 342 g/mol. The zero-order chi connectivity index (χ0) is 18.0. The average molecular weight is 342 g/mol. The Labute approximate surface area is 143 Å². The molecule has 1 aliphatic rings. The van der Waals surface area contributed by atoms with E-state index in [-0.39, 0.29) is 25.3 Å². The second-order valence-corrected chi connectivity index (χ2v) is 6.11. The van der Waals surface area contributed by atoms with E-state index in [0.717, 1.165) is 17.7 Å². The zero-order valence-electron chi connectivity index (χ0n) is 13.3. The van der Waals surface area contributed by atoms with Crippen molar-refractivity contribution >= 4 is 5.91 Å². The van der Waals surface area contributed by atoms with Gasteiger partial charge in [0, 0.05) is 6.54 Å². The van der Waals surface area contributed by atoms with Crippen LogP contribution in [0.15, 0.2) is 42.5 Å². The maximum Gasteiger partial charge on any atom is 0.227 e. The SMILES string of the molecule is N#Cc1ccc(CC(=O)N2CC(O)CC2c2ccc(F)c(F)c2)cc1. The summed E-state index contributed by atoms with van der Waals surface area (Å²) in [6, 6.07) is 11.7. The molecule has 2 unspecified atom stereocenters. The highest BCUT2D eigenvalue weighted by Gasteiger charge is 2.35.